The van der Waals surface area contributed by atoms with Gasteiger partial charge < -0.3 is 15.2 Å². The monoisotopic (exact) mass is 257 g/mol. The lowest BCUT2D eigenvalue weighted by Crippen LogP contribution is -2.15. The summed E-state index contributed by atoms with van der Waals surface area (Å²) in [7, 11) is 1.40. The summed E-state index contributed by atoms with van der Waals surface area (Å²) in [6.45, 7) is 0.750. The van der Waals surface area contributed by atoms with Gasteiger partial charge in [-0.25, -0.2) is 0 Å². The maximum Gasteiger partial charge on any atom is 0.387 e. The van der Waals surface area contributed by atoms with E-state index in [9.17, 15) is 8.78 Å². The van der Waals surface area contributed by atoms with E-state index in [1.165, 1.54) is 7.11 Å². The normalized spacial score (nSPS) is 13.6. The van der Waals surface area contributed by atoms with Gasteiger partial charge in [-0.3, -0.25) is 0 Å². The van der Waals surface area contributed by atoms with Crippen LogP contribution in [-0.4, -0.2) is 19.8 Å². The van der Waals surface area contributed by atoms with Gasteiger partial charge in [0.15, 0.2) is 11.5 Å². The zero-order valence-electron chi connectivity index (χ0n) is 10.6. The van der Waals surface area contributed by atoms with Crippen molar-refractivity contribution in [1.29, 1.82) is 0 Å². The fourth-order valence-electron chi connectivity index (χ4n) is 1.40. The standard InChI is InChI=1S/C13H17F2NO2/c1-8(9(2)16)7-10-5-4-6-11(17-3)12(10)18-13(14)15/h4-7,9,13H,16H2,1-3H3/b8-7-. The molecule has 1 aromatic rings. The Labute approximate surface area is 105 Å². The van der Waals surface area contributed by atoms with Crippen LogP contribution in [-0.2, 0) is 0 Å². The number of nitrogens with two attached hydrogens (primary N) is 1. The minimum atomic E-state index is -2.90. The maximum absolute atomic E-state index is 12.4. The van der Waals surface area contributed by atoms with Crippen molar-refractivity contribution in [2.45, 2.75) is 26.5 Å². The average molecular weight is 257 g/mol. The molecular formula is C13H17F2NO2. The lowest BCUT2D eigenvalue weighted by Gasteiger charge is -2.13. The van der Waals surface area contributed by atoms with Crippen molar-refractivity contribution in [3.63, 3.8) is 0 Å². The molecule has 1 unspecified atom stereocenters. The Morgan fingerprint density at radius 2 is 2.06 bits per heavy atom. The fraction of sp³-hybridized carbons (Fsp3) is 0.385. The summed E-state index contributed by atoms with van der Waals surface area (Å²) in [6.07, 6.45) is 1.71. The molecule has 18 heavy (non-hydrogen) atoms. The zero-order valence-corrected chi connectivity index (χ0v) is 10.6. The van der Waals surface area contributed by atoms with E-state index in [4.69, 9.17) is 10.5 Å². The van der Waals surface area contributed by atoms with Crippen LogP contribution in [0.15, 0.2) is 23.8 Å². The van der Waals surface area contributed by atoms with Crippen molar-refractivity contribution in [2.75, 3.05) is 7.11 Å². The molecule has 0 aliphatic rings. The highest BCUT2D eigenvalue weighted by Crippen LogP contribution is 2.33. The van der Waals surface area contributed by atoms with E-state index in [-0.39, 0.29) is 17.5 Å². The Balaban J connectivity index is 3.21. The first-order chi connectivity index (χ1) is 8.45. The number of halogens is 2. The zero-order chi connectivity index (χ0) is 13.7. The van der Waals surface area contributed by atoms with Crippen LogP contribution in [0.3, 0.4) is 0 Å². The molecule has 0 heterocycles. The molecule has 5 heteroatoms. The predicted molar refractivity (Wildman–Crippen MR) is 66.9 cm³/mol. The van der Waals surface area contributed by atoms with Crippen LogP contribution < -0.4 is 15.2 Å². The van der Waals surface area contributed by atoms with Crippen molar-refractivity contribution in [1.82, 2.24) is 0 Å². The first kappa shape index (κ1) is 14.4. The smallest absolute Gasteiger partial charge is 0.387 e. The minimum absolute atomic E-state index is 0.0231. The highest BCUT2D eigenvalue weighted by Gasteiger charge is 2.14. The first-order valence-electron chi connectivity index (χ1n) is 5.51. The van der Waals surface area contributed by atoms with Gasteiger partial charge in [0.05, 0.1) is 7.11 Å². The molecule has 0 saturated heterocycles. The predicted octanol–water partition coefficient (Wildman–Crippen LogP) is 3.05. The van der Waals surface area contributed by atoms with Crippen molar-refractivity contribution < 1.29 is 18.3 Å². The molecule has 0 aromatic heterocycles. The van der Waals surface area contributed by atoms with Crippen LogP contribution >= 0.6 is 0 Å². The van der Waals surface area contributed by atoms with Crippen LogP contribution in [0.4, 0.5) is 8.78 Å². The number of para-hydroxylation sites is 1. The van der Waals surface area contributed by atoms with E-state index in [0.29, 0.717) is 5.56 Å². The quantitative estimate of drug-likeness (QED) is 0.881. The third kappa shape index (κ3) is 3.70. The highest BCUT2D eigenvalue weighted by molar-refractivity contribution is 5.64. The number of hydrogen-bond acceptors (Lipinski definition) is 3. The molecule has 0 bridgehead atoms. The topological polar surface area (TPSA) is 44.5 Å². The molecule has 1 aromatic carbocycles. The number of hydrogen-bond donors (Lipinski definition) is 1. The molecule has 0 amide bonds. The Hall–Kier alpha value is -1.62. The molecule has 1 atom stereocenters. The number of benzene rings is 1. The third-order valence-corrected chi connectivity index (χ3v) is 2.54. The van der Waals surface area contributed by atoms with Crippen molar-refractivity contribution in [3.8, 4) is 11.5 Å². The number of alkyl halides is 2. The molecule has 100 valence electrons. The van der Waals surface area contributed by atoms with Gasteiger partial charge in [-0.2, -0.15) is 8.78 Å². The molecule has 0 aliphatic heterocycles. The van der Waals surface area contributed by atoms with Crippen LogP contribution in [0.2, 0.25) is 0 Å². The van der Waals surface area contributed by atoms with E-state index in [1.54, 1.807) is 24.3 Å². The van der Waals surface area contributed by atoms with Crippen LogP contribution in [0.25, 0.3) is 6.08 Å². The molecule has 0 aliphatic carbocycles. The maximum atomic E-state index is 12.4. The number of ether oxygens (including phenoxy) is 2. The molecule has 0 spiro atoms. The van der Waals surface area contributed by atoms with Gasteiger partial charge in [0.2, 0.25) is 0 Å². The minimum Gasteiger partial charge on any atom is -0.493 e. The van der Waals surface area contributed by atoms with E-state index < -0.39 is 6.61 Å². The Bertz CT molecular complexity index is 431. The second kappa shape index (κ2) is 6.35. The van der Waals surface area contributed by atoms with E-state index >= 15 is 0 Å². The van der Waals surface area contributed by atoms with Gasteiger partial charge in [-0.05, 0) is 19.9 Å². The van der Waals surface area contributed by atoms with E-state index in [1.807, 2.05) is 13.8 Å². The molecule has 0 saturated carbocycles. The largest absolute Gasteiger partial charge is 0.493 e. The van der Waals surface area contributed by atoms with Gasteiger partial charge in [-0.1, -0.05) is 23.8 Å². The molecule has 0 fully saturated rings. The second-order valence-corrected chi connectivity index (χ2v) is 3.93. The molecule has 0 radical (unpaired) electrons. The highest BCUT2D eigenvalue weighted by atomic mass is 19.3. The van der Waals surface area contributed by atoms with Crippen molar-refractivity contribution >= 4 is 6.08 Å². The van der Waals surface area contributed by atoms with Gasteiger partial charge in [-0.15, -0.1) is 0 Å². The van der Waals surface area contributed by atoms with Gasteiger partial charge in [0.1, 0.15) is 0 Å². The first-order valence-corrected chi connectivity index (χ1v) is 5.51. The molecule has 1 rings (SSSR count). The summed E-state index contributed by atoms with van der Waals surface area (Å²) in [4.78, 5) is 0. The lowest BCUT2D eigenvalue weighted by atomic mass is 10.1. The second-order valence-electron chi connectivity index (χ2n) is 3.93. The third-order valence-electron chi connectivity index (χ3n) is 2.54. The fourth-order valence-corrected chi connectivity index (χ4v) is 1.40. The van der Waals surface area contributed by atoms with Gasteiger partial charge in [0.25, 0.3) is 0 Å². The summed E-state index contributed by atoms with van der Waals surface area (Å²) in [5, 5.41) is 0. The van der Waals surface area contributed by atoms with Crippen molar-refractivity contribution in [3.05, 3.63) is 29.3 Å². The summed E-state index contributed by atoms with van der Waals surface area (Å²) >= 11 is 0. The van der Waals surface area contributed by atoms with E-state index in [0.717, 1.165) is 5.57 Å². The summed E-state index contributed by atoms with van der Waals surface area (Å²) < 4.78 is 34.3. The SMILES string of the molecule is COc1cccc(/C=C(/C)C(C)N)c1OC(F)F. The molecular weight excluding hydrogens is 240 g/mol. The summed E-state index contributed by atoms with van der Waals surface area (Å²) in [6, 6.07) is 4.79. The Kier molecular flexibility index (Phi) is 5.09. The lowest BCUT2D eigenvalue weighted by molar-refractivity contribution is -0.0513. The molecule has 2 N–H and O–H groups in total. The Morgan fingerprint density at radius 1 is 1.39 bits per heavy atom. The van der Waals surface area contributed by atoms with Crippen LogP contribution in [0.1, 0.15) is 19.4 Å². The van der Waals surface area contributed by atoms with Gasteiger partial charge in [0, 0.05) is 11.6 Å². The van der Waals surface area contributed by atoms with Crippen LogP contribution in [0.5, 0.6) is 11.5 Å². The number of methoxy groups -OCH3 is 1. The summed E-state index contributed by atoms with van der Waals surface area (Å²) in [5.74, 6) is 0.288. The van der Waals surface area contributed by atoms with Gasteiger partial charge >= 0.3 is 6.61 Å². The molecule has 3 nitrogen and oxygen atoms in total. The average Bonchev–Trinajstić information content (AvgIpc) is 2.30. The number of rotatable bonds is 5. The van der Waals surface area contributed by atoms with Crippen LogP contribution in [0, 0.1) is 0 Å². The summed E-state index contributed by atoms with van der Waals surface area (Å²) in [5.41, 5.74) is 7.10. The van der Waals surface area contributed by atoms with E-state index in [2.05, 4.69) is 4.74 Å². The Morgan fingerprint density at radius 3 is 2.56 bits per heavy atom. The van der Waals surface area contributed by atoms with Crippen molar-refractivity contribution in [2.24, 2.45) is 5.73 Å².